The molecule has 0 saturated carbocycles. The van der Waals surface area contributed by atoms with Gasteiger partial charge in [-0.25, -0.2) is 0 Å². The number of hydrogen-bond donors (Lipinski definition) is 1. The summed E-state index contributed by atoms with van der Waals surface area (Å²) in [6.07, 6.45) is 3.34. The number of amides is 1. The zero-order chi connectivity index (χ0) is 26.5. The number of hydrogen-bond acceptors (Lipinski definition) is 6. The second-order valence-corrected chi connectivity index (χ2v) is 8.97. The summed E-state index contributed by atoms with van der Waals surface area (Å²) in [4.78, 5) is 34.6. The lowest BCUT2D eigenvalue weighted by atomic mass is 9.94. The highest BCUT2D eigenvalue weighted by molar-refractivity contribution is 6.46. The third-order valence-corrected chi connectivity index (χ3v) is 6.70. The summed E-state index contributed by atoms with van der Waals surface area (Å²) in [5, 5.41) is 11.4. The predicted octanol–water partition coefficient (Wildman–Crippen LogP) is 5.26. The largest absolute Gasteiger partial charge is 0.507 e. The Morgan fingerprint density at radius 1 is 1.05 bits per heavy atom. The van der Waals surface area contributed by atoms with Gasteiger partial charge in [-0.1, -0.05) is 18.2 Å². The maximum Gasteiger partial charge on any atom is 0.295 e. The summed E-state index contributed by atoms with van der Waals surface area (Å²) in [5.74, 6) is -0.841. The number of carbonyl (C=O) groups excluding carboxylic acids is 2. The number of aryl methyl sites for hydroxylation is 1. The van der Waals surface area contributed by atoms with Gasteiger partial charge in [0.15, 0.2) is 0 Å². The van der Waals surface area contributed by atoms with Crippen LogP contribution in [0.3, 0.4) is 0 Å². The Morgan fingerprint density at radius 2 is 1.78 bits per heavy atom. The molecular weight excluding hydrogens is 466 g/mol. The predicted molar refractivity (Wildman–Crippen MR) is 144 cm³/mol. The molecule has 3 aromatic rings. The summed E-state index contributed by atoms with van der Waals surface area (Å²) in [7, 11) is 0. The molecule has 1 N–H and O–H groups in total. The van der Waals surface area contributed by atoms with E-state index in [9.17, 15) is 14.7 Å². The molecule has 7 nitrogen and oxygen atoms in total. The van der Waals surface area contributed by atoms with Gasteiger partial charge in [0.05, 0.1) is 18.2 Å². The van der Waals surface area contributed by atoms with E-state index in [-0.39, 0.29) is 17.9 Å². The van der Waals surface area contributed by atoms with Crippen LogP contribution < -0.4 is 9.64 Å². The molecule has 1 amide bonds. The molecule has 4 rings (SSSR count). The second kappa shape index (κ2) is 11.3. The zero-order valence-electron chi connectivity index (χ0n) is 21.8. The zero-order valence-corrected chi connectivity index (χ0v) is 21.8. The molecule has 0 spiro atoms. The van der Waals surface area contributed by atoms with Crippen molar-refractivity contribution in [1.29, 1.82) is 0 Å². The van der Waals surface area contributed by atoms with E-state index >= 15 is 0 Å². The van der Waals surface area contributed by atoms with E-state index in [0.717, 1.165) is 35.5 Å². The van der Waals surface area contributed by atoms with E-state index in [0.29, 0.717) is 17.9 Å². The molecule has 2 heterocycles. The van der Waals surface area contributed by atoms with Crippen LogP contribution in [0.2, 0.25) is 0 Å². The average Bonchev–Trinajstić information content (AvgIpc) is 3.16. The Kier molecular flexibility index (Phi) is 7.92. The summed E-state index contributed by atoms with van der Waals surface area (Å²) in [5.41, 5.74) is 3.98. The Bertz CT molecular complexity index is 1300. The highest BCUT2D eigenvalue weighted by Crippen LogP contribution is 2.41. The number of aliphatic hydroxyl groups excluding tert-OH is 1. The lowest BCUT2D eigenvalue weighted by Gasteiger charge is -2.26. The first-order chi connectivity index (χ1) is 17.9. The van der Waals surface area contributed by atoms with Crippen molar-refractivity contribution in [3.8, 4) is 5.75 Å². The van der Waals surface area contributed by atoms with Gasteiger partial charge < -0.3 is 19.6 Å². The van der Waals surface area contributed by atoms with Crippen molar-refractivity contribution in [3.63, 3.8) is 0 Å². The van der Waals surface area contributed by atoms with Crippen molar-refractivity contribution >= 4 is 23.1 Å². The van der Waals surface area contributed by atoms with Crippen molar-refractivity contribution in [3.05, 3.63) is 94.8 Å². The Morgan fingerprint density at radius 3 is 2.38 bits per heavy atom. The fraction of sp³-hybridized carbons (Fsp3) is 0.300. The third kappa shape index (κ3) is 5.21. The van der Waals surface area contributed by atoms with Crippen LogP contribution in [-0.2, 0) is 16.1 Å². The van der Waals surface area contributed by atoms with Crippen LogP contribution >= 0.6 is 0 Å². The van der Waals surface area contributed by atoms with Crippen LogP contribution in [0, 0.1) is 6.92 Å². The van der Waals surface area contributed by atoms with Gasteiger partial charge in [0.2, 0.25) is 0 Å². The quantitative estimate of drug-likeness (QED) is 0.246. The highest BCUT2D eigenvalue weighted by atomic mass is 16.5. The molecule has 1 fully saturated rings. The molecule has 7 heteroatoms. The molecule has 1 aromatic heterocycles. The summed E-state index contributed by atoms with van der Waals surface area (Å²) < 4.78 is 5.62. The topological polar surface area (TPSA) is 83.0 Å². The van der Waals surface area contributed by atoms with E-state index in [1.165, 1.54) is 4.90 Å². The van der Waals surface area contributed by atoms with Crippen molar-refractivity contribution in [1.82, 2.24) is 9.88 Å². The number of benzene rings is 2. The Labute approximate surface area is 218 Å². The number of ketones is 1. The van der Waals surface area contributed by atoms with Crippen molar-refractivity contribution in [2.24, 2.45) is 0 Å². The van der Waals surface area contributed by atoms with Gasteiger partial charge in [0.25, 0.3) is 11.7 Å². The normalized spacial score (nSPS) is 16.8. The molecule has 2 aromatic carbocycles. The number of pyridine rings is 1. The van der Waals surface area contributed by atoms with Crippen LogP contribution in [0.5, 0.6) is 5.75 Å². The van der Waals surface area contributed by atoms with E-state index in [2.05, 4.69) is 23.7 Å². The number of nitrogens with zero attached hydrogens (tertiary/aromatic N) is 3. The first-order valence-electron chi connectivity index (χ1n) is 12.7. The van der Waals surface area contributed by atoms with E-state index in [4.69, 9.17) is 4.74 Å². The number of ether oxygens (including phenoxy) is 1. The molecule has 1 atom stereocenters. The Hall–Kier alpha value is -4.13. The maximum absolute atomic E-state index is 13.4. The fourth-order valence-corrected chi connectivity index (χ4v) is 4.80. The number of likely N-dealkylation sites (tertiary alicyclic amines) is 1. The van der Waals surface area contributed by atoms with E-state index in [1.807, 2.05) is 44.2 Å². The van der Waals surface area contributed by atoms with Crippen LogP contribution in [0.15, 0.2) is 72.6 Å². The van der Waals surface area contributed by atoms with Crippen molar-refractivity contribution < 1.29 is 19.4 Å². The average molecular weight is 500 g/mol. The van der Waals surface area contributed by atoms with Crippen LogP contribution in [0.25, 0.3) is 5.76 Å². The minimum Gasteiger partial charge on any atom is -0.507 e. The third-order valence-electron chi connectivity index (χ3n) is 6.70. The second-order valence-electron chi connectivity index (χ2n) is 8.97. The fourth-order valence-electron chi connectivity index (χ4n) is 4.80. The number of aliphatic hydroxyl groups is 1. The van der Waals surface area contributed by atoms with Gasteiger partial charge in [0.1, 0.15) is 11.5 Å². The van der Waals surface area contributed by atoms with E-state index < -0.39 is 17.7 Å². The summed E-state index contributed by atoms with van der Waals surface area (Å²) in [6, 6.07) is 16.0. The molecule has 0 radical (unpaired) electrons. The summed E-state index contributed by atoms with van der Waals surface area (Å²) in [6.45, 7) is 10.4. The molecule has 1 aliphatic heterocycles. The smallest absolute Gasteiger partial charge is 0.295 e. The Balaban J connectivity index is 1.82. The van der Waals surface area contributed by atoms with Gasteiger partial charge in [-0.05, 0) is 80.8 Å². The standard InChI is InChI=1S/C30H33N3O4/c1-5-32(6-2)24-13-10-22(11-14-24)27-26(28(34)23-12-15-25(37-7-3)20(4)17-23)29(35)30(36)33(27)19-21-9-8-16-31-18-21/h8-18,27,34H,5-7,19H2,1-4H3/b28-26-. The van der Waals surface area contributed by atoms with Crippen LogP contribution in [-0.4, -0.2) is 46.4 Å². The van der Waals surface area contributed by atoms with Crippen LogP contribution in [0.4, 0.5) is 5.69 Å². The molecule has 1 saturated heterocycles. The number of aromatic nitrogens is 1. The van der Waals surface area contributed by atoms with Crippen molar-refractivity contribution in [2.45, 2.75) is 40.3 Å². The minimum atomic E-state index is -0.738. The number of Topliss-reactive ketones (excluding diaryl/α,β-unsaturated/α-hetero) is 1. The van der Waals surface area contributed by atoms with E-state index in [1.54, 1.807) is 36.7 Å². The van der Waals surface area contributed by atoms with Crippen molar-refractivity contribution in [2.75, 3.05) is 24.6 Å². The highest BCUT2D eigenvalue weighted by Gasteiger charge is 2.46. The number of carbonyl (C=O) groups is 2. The minimum absolute atomic E-state index is 0.0769. The first-order valence-corrected chi connectivity index (χ1v) is 12.7. The molecule has 0 aliphatic carbocycles. The van der Waals surface area contributed by atoms with Gasteiger partial charge in [-0.2, -0.15) is 0 Å². The van der Waals surface area contributed by atoms with Gasteiger partial charge in [-0.15, -0.1) is 0 Å². The summed E-state index contributed by atoms with van der Waals surface area (Å²) >= 11 is 0. The van der Waals surface area contributed by atoms with Gasteiger partial charge in [-0.3, -0.25) is 14.6 Å². The monoisotopic (exact) mass is 499 g/mol. The maximum atomic E-state index is 13.4. The lowest BCUT2D eigenvalue weighted by Crippen LogP contribution is -2.29. The number of rotatable bonds is 9. The SMILES string of the molecule is CCOc1ccc(/C(O)=C2/C(=O)C(=O)N(Cc3cccnc3)C2c2ccc(N(CC)CC)cc2)cc1C. The molecule has 37 heavy (non-hydrogen) atoms. The lowest BCUT2D eigenvalue weighted by molar-refractivity contribution is -0.140. The van der Waals surface area contributed by atoms with Crippen LogP contribution in [0.1, 0.15) is 49.1 Å². The molecule has 0 bridgehead atoms. The van der Waals surface area contributed by atoms with Gasteiger partial charge >= 0.3 is 0 Å². The molecule has 192 valence electrons. The molecule has 1 aliphatic rings. The molecule has 1 unspecified atom stereocenters. The first kappa shape index (κ1) is 25.9. The molecular formula is C30H33N3O4. The number of anilines is 1. The van der Waals surface area contributed by atoms with Gasteiger partial charge in [0, 0.05) is 43.3 Å².